The zero-order valence-corrected chi connectivity index (χ0v) is 14.1. The first kappa shape index (κ1) is 16.4. The second kappa shape index (κ2) is 6.97. The van der Waals surface area contributed by atoms with Crippen LogP contribution >= 0.6 is 11.8 Å². The zero-order chi connectivity index (χ0) is 17.1. The number of thioether (sulfide) groups is 1. The number of hydrogen-bond donors (Lipinski definition) is 0. The lowest BCUT2D eigenvalue weighted by molar-refractivity contribution is 0.0994. The number of aromatic nitrogens is 3. The lowest BCUT2D eigenvalue weighted by atomic mass is 10.1. The number of rotatable bonds is 5. The van der Waals surface area contributed by atoms with Gasteiger partial charge in [-0.15, -0.1) is 10.2 Å². The minimum atomic E-state index is -0.349. The quantitative estimate of drug-likeness (QED) is 0.520. The third kappa shape index (κ3) is 3.23. The molecule has 0 saturated heterocycles. The van der Waals surface area contributed by atoms with Gasteiger partial charge >= 0.3 is 0 Å². The third-order valence-electron chi connectivity index (χ3n) is 3.66. The van der Waals surface area contributed by atoms with Gasteiger partial charge in [0.05, 0.1) is 10.8 Å². The van der Waals surface area contributed by atoms with E-state index >= 15 is 0 Å². The summed E-state index contributed by atoms with van der Waals surface area (Å²) in [6, 6.07) is 15.6. The predicted molar refractivity (Wildman–Crippen MR) is 92.5 cm³/mol. The summed E-state index contributed by atoms with van der Waals surface area (Å²) in [5.74, 6) is 0.115. The van der Waals surface area contributed by atoms with E-state index in [1.807, 2.05) is 25.1 Å². The fourth-order valence-electron chi connectivity index (χ4n) is 2.34. The monoisotopic (exact) mass is 341 g/mol. The Morgan fingerprint density at radius 1 is 1.08 bits per heavy atom. The molecule has 1 aromatic heterocycles. The van der Waals surface area contributed by atoms with Crippen molar-refractivity contribution < 1.29 is 9.18 Å². The highest BCUT2D eigenvalue weighted by molar-refractivity contribution is 8.00. The van der Waals surface area contributed by atoms with Gasteiger partial charge in [-0.3, -0.25) is 4.79 Å². The predicted octanol–water partition coefficient (Wildman–Crippen LogP) is 3.98. The Labute approximate surface area is 143 Å². The SMILES string of the molecule is C[C@H](Sc1nnc(-c2ccccc2F)n1C)C(=O)c1ccccc1. The van der Waals surface area contributed by atoms with Crippen molar-refractivity contribution in [3.8, 4) is 11.4 Å². The summed E-state index contributed by atoms with van der Waals surface area (Å²) in [6.07, 6.45) is 0. The van der Waals surface area contributed by atoms with Crippen molar-refractivity contribution in [1.29, 1.82) is 0 Å². The van der Waals surface area contributed by atoms with Crippen LogP contribution in [0.1, 0.15) is 17.3 Å². The number of halogens is 1. The molecule has 2 aromatic carbocycles. The van der Waals surface area contributed by atoms with Gasteiger partial charge in [0.2, 0.25) is 0 Å². The third-order valence-corrected chi connectivity index (χ3v) is 4.79. The molecule has 0 bridgehead atoms. The highest BCUT2D eigenvalue weighted by Gasteiger charge is 2.21. The summed E-state index contributed by atoms with van der Waals surface area (Å²) in [5, 5.41) is 8.44. The van der Waals surface area contributed by atoms with E-state index in [0.29, 0.717) is 22.1 Å². The molecule has 0 aliphatic rings. The molecule has 0 amide bonds. The Kier molecular flexibility index (Phi) is 4.76. The van der Waals surface area contributed by atoms with E-state index in [9.17, 15) is 9.18 Å². The second-order valence-electron chi connectivity index (χ2n) is 5.34. The van der Waals surface area contributed by atoms with Crippen LogP contribution < -0.4 is 0 Å². The summed E-state index contributed by atoms with van der Waals surface area (Å²) in [6.45, 7) is 1.83. The minimum absolute atomic E-state index is 0.0241. The van der Waals surface area contributed by atoms with Gasteiger partial charge in [-0.2, -0.15) is 0 Å². The second-order valence-corrected chi connectivity index (χ2v) is 6.64. The van der Waals surface area contributed by atoms with E-state index in [4.69, 9.17) is 0 Å². The van der Waals surface area contributed by atoms with Gasteiger partial charge in [-0.1, -0.05) is 54.2 Å². The maximum absolute atomic E-state index is 13.9. The fourth-order valence-corrected chi connectivity index (χ4v) is 3.24. The minimum Gasteiger partial charge on any atom is -0.305 e. The van der Waals surface area contributed by atoms with Crippen LogP contribution in [0.3, 0.4) is 0 Å². The highest BCUT2D eigenvalue weighted by atomic mass is 32.2. The average molecular weight is 341 g/mol. The van der Waals surface area contributed by atoms with Crippen molar-refractivity contribution in [2.24, 2.45) is 7.05 Å². The van der Waals surface area contributed by atoms with Gasteiger partial charge in [-0.25, -0.2) is 4.39 Å². The summed E-state index contributed by atoms with van der Waals surface area (Å²) < 4.78 is 15.6. The number of carbonyl (C=O) groups is 1. The molecule has 0 unspecified atom stereocenters. The molecule has 0 N–H and O–H groups in total. The number of carbonyl (C=O) groups excluding carboxylic acids is 1. The molecule has 1 heterocycles. The van der Waals surface area contributed by atoms with Crippen LogP contribution in [0.4, 0.5) is 4.39 Å². The molecule has 1 atom stereocenters. The van der Waals surface area contributed by atoms with Crippen molar-refractivity contribution in [2.75, 3.05) is 0 Å². The topological polar surface area (TPSA) is 47.8 Å². The van der Waals surface area contributed by atoms with Crippen molar-refractivity contribution in [3.63, 3.8) is 0 Å². The Morgan fingerprint density at radius 3 is 2.46 bits per heavy atom. The van der Waals surface area contributed by atoms with Crippen LogP contribution in [0.5, 0.6) is 0 Å². The lowest BCUT2D eigenvalue weighted by Gasteiger charge is -2.10. The molecule has 0 aliphatic carbocycles. The molecule has 24 heavy (non-hydrogen) atoms. The van der Waals surface area contributed by atoms with Crippen molar-refractivity contribution in [2.45, 2.75) is 17.3 Å². The molecule has 0 spiro atoms. The number of ketones is 1. The van der Waals surface area contributed by atoms with Crippen molar-refractivity contribution in [3.05, 3.63) is 66.0 Å². The molecule has 0 fully saturated rings. The van der Waals surface area contributed by atoms with Crippen LogP contribution in [0.25, 0.3) is 11.4 Å². The Bertz CT molecular complexity index is 864. The molecule has 0 saturated carbocycles. The van der Waals surface area contributed by atoms with Crippen LogP contribution in [0.15, 0.2) is 59.8 Å². The van der Waals surface area contributed by atoms with Gasteiger partial charge in [0, 0.05) is 12.6 Å². The van der Waals surface area contributed by atoms with Crippen molar-refractivity contribution >= 4 is 17.5 Å². The molecule has 122 valence electrons. The summed E-state index contributed by atoms with van der Waals surface area (Å²) in [4.78, 5) is 12.5. The zero-order valence-electron chi connectivity index (χ0n) is 13.3. The number of Topliss-reactive ketones (excluding diaryl/α,β-unsaturated/α-hetero) is 1. The van der Waals surface area contributed by atoms with Crippen LogP contribution in [0.2, 0.25) is 0 Å². The maximum atomic E-state index is 13.9. The Balaban J connectivity index is 1.82. The molecular formula is C18H16FN3OS. The highest BCUT2D eigenvalue weighted by Crippen LogP contribution is 2.28. The van der Waals surface area contributed by atoms with Gasteiger partial charge in [-0.05, 0) is 19.1 Å². The van der Waals surface area contributed by atoms with E-state index < -0.39 is 0 Å². The maximum Gasteiger partial charge on any atom is 0.191 e. The van der Waals surface area contributed by atoms with E-state index in [1.165, 1.54) is 17.8 Å². The molecular weight excluding hydrogens is 325 g/mol. The van der Waals surface area contributed by atoms with Crippen LogP contribution in [-0.4, -0.2) is 25.8 Å². The standard InChI is InChI=1S/C18H16FN3OS/c1-12(16(23)13-8-4-3-5-9-13)24-18-21-20-17(22(18)2)14-10-6-7-11-15(14)19/h3-12H,1-2H3/t12-/m0/s1. The number of hydrogen-bond acceptors (Lipinski definition) is 4. The lowest BCUT2D eigenvalue weighted by Crippen LogP contribution is -2.14. The van der Waals surface area contributed by atoms with Gasteiger partial charge in [0.25, 0.3) is 0 Å². The Morgan fingerprint density at radius 2 is 1.75 bits per heavy atom. The van der Waals surface area contributed by atoms with E-state index in [1.54, 1.807) is 41.9 Å². The van der Waals surface area contributed by atoms with E-state index in [0.717, 1.165) is 0 Å². The van der Waals surface area contributed by atoms with Gasteiger partial charge < -0.3 is 4.57 Å². The smallest absolute Gasteiger partial charge is 0.191 e. The number of benzene rings is 2. The summed E-state index contributed by atoms with van der Waals surface area (Å²) in [7, 11) is 1.77. The van der Waals surface area contributed by atoms with E-state index in [2.05, 4.69) is 10.2 Å². The molecule has 0 radical (unpaired) electrons. The molecule has 0 aliphatic heterocycles. The van der Waals surface area contributed by atoms with E-state index in [-0.39, 0.29) is 16.9 Å². The average Bonchev–Trinajstić information content (AvgIpc) is 2.96. The normalized spacial score (nSPS) is 12.1. The molecule has 3 aromatic rings. The first-order valence-electron chi connectivity index (χ1n) is 7.48. The van der Waals surface area contributed by atoms with Gasteiger partial charge in [0.1, 0.15) is 5.82 Å². The molecule has 4 nitrogen and oxygen atoms in total. The first-order chi connectivity index (χ1) is 11.6. The summed E-state index contributed by atoms with van der Waals surface area (Å²) >= 11 is 1.31. The van der Waals surface area contributed by atoms with Crippen molar-refractivity contribution in [1.82, 2.24) is 14.8 Å². The van der Waals surface area contributed by atoms with Crippen LogP contribution in [-0.2, 0) is 7.05 Å². The summed E-state index contributed by atoms with van der Waals surface area (Å²) in [5.41, 5.74) is 1.05. The number of nitrogens with zero attached hydrogens (tertiary/aromatic N) is 3. The fraction of sp³-hybridized carbons (Fsp3) is 0.167. The van der Waals surface area contributed by atoms with Crippen LogP contribution in [0, 0.1) is 5.82 Å². The molecule has 6 heteroatoms. The largest absolute Gasteiger partial charge is 0.305 e. The first-order valence-corrected chi connectivity index (χ1v) is 8.36. The Hall–Kier alpha value is -2.47. The van der Waals surface area contributed by atoms with Gasteiger partial charge in [0.15, 0.2) is 16.8 Å². The molecule has 3 rings (SSSR count).